The molecule has 2 aromatic heterocycles. The molecule has 3 heterocycles. The lowest BCUT2D eigenvalue weighted by atomic mass is 9.92. The van der Waals surface area contributed by atoms with E-state index in [4.69, 9.17) is 0 Å². The van der Waals surface area contributed by atoms with Gasteiger partial charge in [0.1, 0.15) is 23.6 Å². The molecule has 2 amide bonds. The van der Waals surface area contributed by atoms with Crippen LogP contribution in [0, 0.1) is 5.82 Å². The second-order valence-corrected chi connectivity index (χ2v) is 8.70. The summed E-state index contributed by atoms with van der Waals surface area (Å²) in [6.07, 6.45) is 1.77. The van der Waals surface area contributed by atoms with Crippen molar-refractivity contribution in [2.75, 3.05) is 31.1 Å². The Kier molecular flexibility index (Phi) is 5.59. The fourth-order valence-electron chi connectivity index (χ4n) is 4.54. The molecule has 2 aliphatic rings. The van der Waals surface area contributed by atoms with Crippen LogP contribution in [0.25, 0.3) is 22.3 Å². The van der Waals surface area contributed by atoms with Gasteiger partial charge in [-0.25, -0.2) is 27.9 Å². The quantitative estimate of drug-likeness (QED) is 0.618. The van der Waals surface area contributed by atoms with E-state index in [2.05, 4.69) is 25.2 Å². The predicted octanol–water partition coefficient (Wildman–Crippen LogP) is 4.17. The molecule has 0 radical (unpaired) electrons. The summed E-state index contributed by atoms with van der Waals surface area (Å²) in [6.45, 7) is 2.21. The molecule has 2 N–H and O–H groups in total. The van der Waals surface area contributed by atoms with Gasteiger partial charge in [0.15, 0.2) is 0 Å². The van der Waals surface area contributed by atoms with Gasteiger partial charge in [0, 0.05) is 50.8 Å². The summed E-state index contributed by atoms with van der Waals surface area (Å²) in [5, 5.41) is 3.77. The number of hydrogen-bond donors (Lipinski definition) is 2. The number of alkyl halides is 2. The SMILES string of the molecule is O=C(NC1CCC(F)(F)CC1)N1CCN(c2ncnc3[nH]c(-c4ccc(F)cc4)cc23)CC1. The van der Waals surface area contributed by atoms with Gasteiger partial charge >= 0.3 is 6.03 Å². The van der Waals surface area contributed by atoms with E-state index in [1.165, 1.54) is 18.5 Å². The molecular formula is C23H25F3N6O. The Morgan fingerprint density at radius 3 is 2.45 bits per heavy atom. The zero-order valence-corrected chi connectivity index (χ0v) is 18.0. The standard InChI is InChI=1S/C23H25F3N6O/c24-16-3-1-15(2-4-16)19-13-18-20(30-19)27-14-28-21(18)31-9-11-32(12-10-31)22(33)29-17-5-7-23(25,26)8-6-17/h1-4,13-14,17H,5-12H2,(H,29,33)(H,27,28,30). The summed E-state index contributed by atoms with van der Waals surface area (Å²) < 4.78 is 39.9. The zero-order chi connectivity index (χ0) is 23.0. The topological polar surface area (TPSA) is 77.2 Å². The number of nitrogens with zero attached hydrogens (tertiary/aromatic N) is 4. The second-order valence-electron chi connectivity index (χ2n) is 8.70. The maximum atomic E-state index is 13.3. The Balaban J connectivity index is 1.24. The van der Waals surface area contributed by atoms with Crippen LogP contribution in [0.4, 0.5) is 23.8 Å². The van der Waals surface area contributed by atoms with E-state index < -0.39 is 5.92 Å². The number of nitrogens with one attached hydrogen (secondary N) is 2. The lowest BCUT2D eigenvalue weighted by Gasteiger charge is -2.37. The Labute approximate surface area is 189 Å². The molecule has 0 atom stereocenters. The van der Waals surface area contributed by atoms with Crippen molar-refractivity contribution in [3.8, 4) is 11.3 Å². The van der Waals surface area contributed by atoms with Crippen LogP contribution in [0.15, 0.2) is 36.7 Å². The number of halogens is 3. The summed E-state index contributed by atoms with van der Waals surface area (Å²) in [4.78, 5) is 28.5. The number of amides is 2. The first-order valence-electron chi connectivity index (χ1n) is 11.2. The van der Waals surface area contributed by atoms with Crippen molar-refractivity contribution in [1.82, 2.24) is 25.2 Å². The minimum Gasteiger partial charge on any atom is -0.352 e. The molecule has 0 unspecified atom stereocenters. The van der Waals surface area contributed by atoms with Gasteiger partial charge in [0.25, 0.3) is 0 Å². The number of fused-ring (bicyclic) bond motifs is 1. The van der Waals surface area contributed by atoms with Crippen LogP contribution in [-0.4, -0.2) is 64.0 Å². The Morgan fingerprint density at radius 1 is 1.06 bits per heavy atom. The minimum absolute atomic E-state index is 0.175. The fraction of sp³-hybridized carbons (Fsp3) is 0.435. The van der Waals surface area contributed by atoms with E-state index in [1.54, 1.807) is 17.0 Å². The molecule has 3 aromatic rings. The molecule has 0 bridgehead atoms. The summed E-state index contributed by atoms with van der Waals surface area (Å²) >= 11 is 0. The number of H-pyrrole nitrogens is 1. The van der Waals surface area contributed by atoms with Gasteiger partial charge < -0.3 is 20.1 Å². The van der Waals surface area contributed by atoms with Gasteiger partial charge in [-0.15, -0.1) is 0 Å². The monoisotopic (exact) mass is 458 g/mol. The molecule has 1 saturated heterocycles. The number of piperazine rings is 1. The van der Waals surface area contributed by atoms with Gasteiger partial charge in [-0.1, -0.05) is 0 Å². The Morgan fingerprint density at radius 2 is 1.76 bits per heavy atom. The first-order chi connectivity index (χ1) is 15.9. The number of anilines is 1. The number of rotatable bonds is 3. The van der Waals surface area contributed by atoms with Gasteiger partial charge in [-0.3, -0.25) is 0 Å². The van der Waals surface area contributed by atoms with Crippen molar-refractivity contribution in [3.05, 3.63) is 42.5 Å². The third-order valence-corrected chi connectivity index (χ3v) is 6.47. The van der Waals surface area contributed by atoms with Gasteiger partial charge in [0.05, 0.1) is 5.39 Å². The lowest BCUT2D eigenvalue weighted by molar-refractivity contribution is -0.0398. The molecular weight excluding hydrogens is 433 g/mol. The molecule has 174 valence electrons. The van der Waals surface area contributed by atoms with E-state index in [9.17, 15) is 18.0 Å². The van der Waals surface area contributed by atoms with Crippen LogP contribution in [0.2, 0.25) is 0 Å². The summed E-state index contributed by atoms with van der Waals surface area (Å²) in [6, 6.07) is 7.80. The number of aromatic amines is 1. The number of benzene rings is 1. The molecule has 1 aromatic carbocycles. The maximum absolute atomic E-state index is 13.3. The molecule has 1 saturated carbocycles. The summed E-state index contributed by atoms with van der Waals surface area (Å²) in [5.41, 5.74) is 2.36. The van der Waals surface area contributed by atoms with Crippen molar-refractivity contribution in [3.63, 3.8) is 0 Å². The first-order valence-corrected chi connectivity index (χ1v) is 11.2. The predicted molar refractivity (Wildman–Crippen MR) is 119 cm³/mol. The average Bonchev–Trinajstić information content (AvgIpc) is 3.25. The number of carbonyl (C=O) groups is 1. The fourth-order valence-corrected chi connectivity index (χ4v) is 4.54. The van der Waals surface area contributed by atoms with E-state index >= 15 is 0 Å². The van der Waals surface area contributed by atoms with Crippen LogP contribution >= 0.6 is 0 Å². The van der Waals surface area contributed by atoms with Gasteiger partial charge in [-0.2, -0.15) is 0 Å². The number of urea groups is 1. The highest BCUT2D eigenvalue weighted by Crippen LogP contribution is 2.33. The molecule has 7 nitrogen and oxygen atoms in total. The maximum Gasteiger partial charge on any atom is 0.317 e. The molecule has 5 rings (SSSR count). The largest absolute Gasteiger partial charge is 0.352 e. The van der Waals surface area contributed by atoms with Crippen molar-refractivity contribution in [2.24, 2.45) is 0 Å². The minimum atomic E-state index is -2.61. The van der Waals surface area contributed by atoms with Crippen molar-refractivity contribution in [2.45, 2.75) is 37.6 Å². The van der Waals surface area contributed by atoms with E-state index in [0.717, 1.165) is 22.5 Å². The highest BCUT2D eigenvalue weighted by atomic mass is 19.3. The third-order valence-electron chi connectivity index (χ3n) is 6.47. The third kappa shape index (κ3) is 4.60. The Hall–Kier alpha value is -3.30. The number of hydrogen-bond acceptors (Lipinski definition) is 4. The van der Waals surface area contributed by atoms with Crippen LogP contribution in [0.1, 0.15) is 25.7 Å². The molecule has 10 heteroatoms. The molecule has 1 aliphatic heterocycles. The second kappa shape index (κ2) is 8.57. The van der Waals surface area contributed by atoms with Crippen molar-refractivity contribution >= 4 is 22.9 Å². The molecule has 2 fully saturated rings. The normalized spacial score (nSPS) is 19.1. The highest BCUT2D eigenvalue weighted by molar-refractivity contribution is 5.92. The number of aromatic nitrogens is 3. The highest BCUT2D eigenvalue weighted by Gasteiger charge is 2.36. The Bertz CT molecular complexity index is 1130. The van der Waals surface area contributed by atoms with Crippen molar-refractivity contribution < 1.29 is 18.0 Å². The van der Waals surface area contributed by atoms with E-state index in [-0.39, 0.29) is 30.7 Å². The number of carbonyl (C=O) groups excluding carboxylic acids is 1. The van der Waals surface area contributed by atoms with Gasteiger partial charge in [0.2, 0.25) is 5.92 Å². The molecule has 0 spiro atoms. The van der Waals surface area contributed by atoms with Crippen molar-refractivity contribution in [1.29, 1.82) is 0 Å². The zero-order valence-electron chi connectivity index (χ0n) is 18.0. The van der Waals surface area contributed by atoms with Crippen LogP contribution < -0.4 is 10.2 Å². The lowest BCUT2D eigenvalue weighted by Crippen LogP contribution is -2.54. The molecule has 1 aliphatic carbocycles. The summed E-state index contributed by atoms with van der Waals surface area (Å²) in [7, 11) is 0. The van der Waals surface area contributed by atoms with Crippen LogP contribution in [-0.2, 0) is 0 Å². The van der Waals surface area contributed by atoms with E-state index in [1.807, 2.05) is 6.07 Å². The summed E-state index contributed by atoms with van der Waals surface area (Å²) in [5.74, 6) is -2.12. The first kappa shape index (κ1) is 21.5. The van der Waals surface area contributed by atoms with Crippen LogP contribution in [0.3, 0.4) is 0 Å². The average molecular weight is 458 g/mol. The molecule has 33 heavy (non-hydrogen) atoms. The van der Waals surface area contributed by atoms with E-state index in [0.29, 0.717) is 44.7 Å². The smallest absolute Gasteiger partial charge is 0.317 e. The van der Waals surface area contributed by atoms with Gasteiger partial charge in [-0.05, 0) is 48.7 Å². The van der Waals surface area contributed by atoms with Crippen LogP contribution in [0.5, 0.6) is 0 Å².